The molecule has 0 saturated carbocycles. The molecule has 31 heavy (non-hydrogen) atoms. The van der Waals surface area contributed by atoms with Crippen LogP contribution in [0.15, 0.2) is 53.3 Å². The fourth-order valence-corrected chi connectivity index (χ4v) is 3.08. The van der Waals surface area contributed by atoms with Gasteiger partial charge in [-0.3, -0.25) is 9.59 Å². The molecule has 0 aliphatic rings. The summed E-state index contributed by atoms with van der Waals surface area (Å²) < 4.78 is 0. The van der Waals surface area contributed by atoms with E-state index in [1.165, 1.54) is 0 Å². The molecule has 0 radical (unpaired) electrons. The van der Waals surface area contributed by atoms with Crippen LogP contribution in [0.3, 0.4) is 0 Å². The molecule has 0 aliphatic carbocycles. The van der Waals surface area contributed by atoms with Crippen molar-refractivity contribution < 1.29 is 9.59 Å². The summed E-state index contributed by atoms with van der Waals surface area (Å²) in [7, 11) is 0. The van der Waals surface area contributed by atoms with Crippen LogP contribution in [0.2, 0.25) is 5.02 Å². The molecule has 0 atom stereocenters. The Kier molecular flexibility index (Phi) is 6.60. The molecule has 162 valence electrons. The van der Waals surface area contributed by atoms with Gasteiger partial charge in [-0.2, -0.15) is 5.10 Å². The maximum atomic E-state index is 12.8. The summed E-state index contributed by atoms with van der Waals surface area (Å²) in [5.74, 6) is -0.406. The molecule has 9 heteroatoms. The van der Waals surface area contributed by atoms with Crippen molar-refractivity contribution in [3.05, 3.63) is 75.2 Å². The Bertz CT molecular complexity index is 1170. The first-order valence-corrected chi connectivity index (χ1v) is 10.1. The number of halogens is 1. The summed E-state index contributed by atoms with van der Waals surface area (Å²) in [5, 5.41) is 11.4. The van der Waals surface area contributed by atoms with Gasteiger partial charge in [0.1, 0.15) is 0 Å². The summed E-state index contributed by atoms with van der Waals surface area (Å²) in [6.45, 7) is 5.69. The van der Waals surface area contributed by atoms with Gasteiger partial charge in [0.2, 0.25) is 5.91 Å². The van der Waals surface area contributed by atoms with Gasteiger partial charge in [-0.15, -0.1) is 4.79 Å². The third-order valence-corrected chi connectivity index (χ3v) is 4.55. The fraction of sp³-hybridized carbons (Fsp3) is 0.273. The van der Waals surface area contributed by atoms with Crippen molar-refractivity contribution >= 4 is 34.3 Å². The number of amides is 3. The molecule has 1 aromatic heterocycles. The fourth-order valence-electron chi connectivity index (χ4n) is 2.96. The summed E-state index contributed by atoms with van der Waals surface area (Å²) >= 11 is 5.87. The SMILES string of the molecule is CC(C)(C)NC(=O)NCc1nn(NC(=O)Cc2ccc(Cl)cc2)c(=O)c2ccccc12. The van der Waals surface area contributed by atoms with Crippen molar-refractivity contribution in [3.8, 4) is 0 Å². The van der Waals surface area contributed by atoms with E-state index in [9.17, 15) is 14.4 Å². The number of carbonyl (C=O) groups is 2. The van der Waals surface area contributed by atoms with E-state index < -0.39 is 17.0 Å². The Hall–Kier alpha value is -3.39. The Morgan fingerprint density at radius 2 is 1.68 bits per heavy atom. The minimum Gasteiger partial charge on any atom is -0.334 e. The Labute approximate surface area is 184 Å². The standard InChI is InChI=1S/C22H24ClN5O3/c1-22(2,3)25-21(31)24-13-18-16-6-4-5-7-17(16)20(30)28(26-18)27-19(29)12-14-8-10-15(23)11-9-14/h4-11H,12-13H2,1-3H3,(H,27,29)(H2,24,25,31). The molecule has 0 bridgehead atoms. The van der Waals surface area contributed by atoms with Crippen LogP contribution in [0.5, 0.6) is 0 Å². The Balaban J connectivity index is 1.83. The second kappa shape index (κ2) is 9.18. The number of rotatable bonds is 5. The number of hydrogen-bond acceptors (Lipinski definition) is 4. The van der Waals surface area contributed by atoms with Crippen molar-refractivity contribution in [2.45, 2.75) is 39.3 Å². The predicted molar refractivity (Wildman–Crippen MR) is 121 cm³/mol. The van der Waals surface area contributed by atoms with E-state index in [0.29, 0.717) is 21.5 Å². The zero-order chi connectivity index (χ0) is 22.6. The maximum absolute atomic E-state index is 12.8. The van der Waals surface area contributed by atoms with Gasteiger partial charge in [0, 0.05) is 15.9 Å². The predicted octanol–water partition coefficient (Wildman–Crippen LogP) is 2.96. The molecule has 3 rings (SSSR count). The molecule has 3 amide bonds. The maximum Gasteiger partial charge on any atom is 0.315 e. The minimum atomic E-state index is -0.456. The molecule has 1 heterocycles. The lowest BCUT2D eigenvalue weighted by Gasteiger charge is -2.21. The van der Waals surface area contributed by atoms with Crippen LogP contribution < -0.4 is 21.6 Å². The average molecular weight is 442 g/mol. The molecule has 0 saturated heterocycles. The first-order chi connectivity index (χ1) is 14.6. The first-order valence-electron chi connectivity index (χ1n) is 9.74. The smallest absolute Gasteiger partial charge is 0.315 e. The lowest BCUT2D eigenvalue weighted by atomic mass is 10.1. The van der Waals surface area contributed by atoms with Crippen LogP contribution in [-0.4, -0.2) is 27.4 Å². The Morgan fingerprint density at radius 3 is 2.32 bits per heavy atom. The quantitative estimate of drug-likeness (QED) is 0.566. The third-order valence-electron chi connectivity index (χ3n) is 4.29. The second-order valence-electron chi connectivity index (χ2n) is 8.11. The molecule has 8 nitrogen and oxygen atoms in total. The number of urea groups is 1. The van der Waals surface area contributed by atoms with Crippen LogP contribution in [0.1, 0.15) is 32.0 Å². The highest BCUT2D eigenvalue weighted by molar-refractivity contribution is 6.30. The number of nitrogens with zero attached hydrogens (tertiary/aromatic N) is 2. The lowest BCUT2D eigenvalue weighted by molar-refractivity contribution is -0.116. The monoisotopic (exact) mass is 441 g/mol. The molecule has 0 fully saturated rings. The summed E-state index contributed by atoms with van der Waals surface area (Å²) in [6.07, 6.45) is 0.0552. The molecular formula is C22H24ClN5O3. The van der Waals surface area contributed by atoms with E-state index in [2.05, 4.69) is 21.2 Å². The van der Waals surface area contributed by atoms with Gasteiger partial charge in [-0.05, 0) is 44.5 Å². The molecule has 3 N–H and O–H groups in total. The van der Waals surface area contributed by atoms with Crippen molar-refractivity contribution in [1.29, 1.82) is 0 Å². The number of carbonyl (C=O) groups excluding carboxylic acids is 2. The van der Waals surface area contributed by atoms with E-state index >= 15 is 0 Å². The number of benzene rings is 2. The van der Waals surface area contributed by atoms with Crippen molar-refractivity contribution in [2.75, 3.05) is 5.43 Å². The van der Waals surface area contributed by atoms with E-state index in [0.717, 1.165) is 10.4 Å². The number of nitrogens with one attached hydrogen (secondary N) is 3. The van der Waals surface area contributed by atoms with Gasteiger partial charge in [0.05, 0.1) is 24.0 Å². The highest BCUT2D eigenvalue weighted by Crippen LogP contribution is 2.13. The molecule has 0 unspecified atom stereocenters. The van der Waals surface area contributed by atoms with Gasteiger partial charge in [0.15, 0.2) is 0 Å². The van der Waals surface area contributed by atoms with Crippen LogP contribution in [0.4, 0.5) is 4.79 Å². The molecular weight excluding hydrogens is 418 g/mol. The third kappa shape index (κ3) is 6.05. The summed E-state index contributed by atoms with van der Waals surface area (Å²) in [4.78, 5) is 38.3. The van der Waals surface area contributed by atoms with E-state index in [1.54, 1.807) is 48.5 Å². The molecule has 2 aromatic carbocycles. The highest BCUT2D eigenvalue weighted by Gasteiger charge is 2.16. The zero-order valence-corrected chi connectivity index (χ0v) is 18.3. The van der Waals surface area contributed by atoms with Crippen LogP contribution in [0, 0.1) is 0 Å². The summed E-state index contributed by atoms with van der Waals surface area (Å²) in [6, 6.07) is 13.4. The summed E-state index contributed by atoms with van der Waals surface area (Å²) in [5.41, 5.74) is 2.87. The number of hydrogen-bond donors (Lipinski definition) is 3. The van der Waals surface area contributed by atoms with Crippen LogP contribution >= 0.6 is 11.6 Å². The Morgan fingerprint density at radius 1 is 1.03 bits per heavy atom. The number of aromatic nitrogens is 2. The minimum absolute atomic E-state index is 0.0552. The highest BCUT2D eigenvalue weighted by atomic mass is 35.5. The second-order valence-corrected chi connectivity index (χ2v) is 8.54. The van der Waals surface area contributed by atoms with Crippen molar-refractivity contribution in [1.82, 2.24) is 20.5 Å². The normalized spacial score (nSPS) is 11.2. The number of fused-ring (bicyclic) bond motifs is 1. The van der Waals surface area contributed by atoms with Gasteiger partial charge in [0.25, 0.3) is 5.56 Å². The van der Waals surface area contributed by atoms with Gasteiger partial charge in [-0.1, -0.05) is 41.9 Å². The van der Waals surface area contributed by atoms with E-state index in [4.69, 9.17) is 11.6 Å². The average Bonchev–Trinajstić information content (AvgIpc) is 2.69. The largest absolute Gasteiger partial charge is 0.334 e. The molecule has 3 aromatic rings. The van der Waals surface area contributed by atoms with Crippen molar-refractivity contribution in [2.24, 2.45) is 0 Å². The first kappa shape index (κ1) is 22.3. The van der Waals surface area contributed by atoms with E-state index in [-0.39, 0.29) is 19.0 Å². The van der Waals surface area contributed by atoms with Gasteiger partial charge >= 0.3 is 6.03 Å². The van der Waals surface area contributed by atoms with Crippen LogP contribution in [-0.2, 0) is 17.8 Å². The van der Waals surface area contributed by atoms with Gasteiger partial charge in [-0.25, -0.2) is 10.2 Å². The zero-order valence-electron chi connectivity index (χ0n) is 17.5. The topological polar surface area (TPSA) is 105 Å². The lowest BCUT2D eigenvalue weighted by Crippen LogP contribution is -2.46. The van der Waals surface area contributed by atoms with Crippen molar-refractivity contribution in [3.63, 3.8) is 0 Å². The molecule has 0 aliphatic heterocycles. The molecule has 0 spiro atoms. The van der Waals surface area contributed by atoms with Gasteiger partial charge < -0.3 is 10.6 Å². The van der Waals surface area contributed by atoms with Crippen LogP contribution in [0.25, 0.3) is 10.8 Å². The van der Waals surface area contributed by atoms with E-state index in [1.807, 2.05) is 20.8 Å².